The fraction of sp³-hybridized carbons (Fsp3) is 0.429. The summed E-state index contributed by atoms with van der Waals surface area (Å²) in [7, 11) is 0. The quantitative estimate of drug-likeness (QED) is 0.571. The van der Waals surface area contributed by atoms with Crippen molar-refractivity contribution in [2.75, 3.05) is 5.32 Å². The van der Waals surface area contributed by atoms with E-state index in [0.717, 1.165) is 24.3 Å². The highest BCUT2D eigenvalue weighted by Crippen LogP contribution is 2.19. The zero-order valence-electron chi connectivity index (χ0n) is 17.0. The lowest BCUT2D eigenvalue weighted by Crippen LogP contribution is -2.16. The third kappa shape index (κ3) is 5.87. The van der Waals surface area contributed by atoms with Crippen LogP contribution in [0.4, 0.5) is 5.69 Å². The molecule has 0 aliphatic rings. The number of aromatic nitrogens is 3. The number of nitrogens with zero attached hydrogens (tertiary/aromatic N) is 3. The first kappa shape index (κ1) is 21.0. The number of fused-ring (bicyclic) bond motifs is 1. The zero-order valence-corrected chi connectivity index (χ0v) is 17.8. The lowest BCUT2D eigenvalue weighted by atomic mass is 10.1. The SMILES string of the molecule is CCCCc1nn2c(=O)cc(COc3cccc(NC(=O)CC(C)C)c3)nc2s1. The van der Waals surface area contributed by atoms with Crippen molar-refractivity contribution in [2.45, 2.75) is 53.1 Å². The van der Waals surface area contributed by atoms with Crippen LogP contribution in [0.15, 0.2) is 35.1 Å². The second-order valence-electron chi connectivity index (χ2n) is 7.34. The minimum absolute atomic E-state index is 0.0265. The summed E-state index contributed by atoms with van der Waals surface area (Å²) in [6.07, 6.45) is 3.43. The number of carbonyl (C=O) groups excluding carboxylic acids is 1. The molecule has 0 saturated carbocycles. The molecule has 1 N–H and O–H groups in total. The van der Waals surface area contributed by atoms with Gasteiger partial charge in [-0.3, -0.25) is 9.59 Å². The molecule has 7 nitrogen and oxygen atoms in total. The molecule has 0 radical (unpaired) electrons. The summed E-state index contributed by atoms with van der Waals surface area (Å²) in [6.45, 7) is 6.29. The van der Waals surface area contributed by atoms with Crippen LogP contribution in [-0.2, 0) is 17.8 Å². The van der Waals surface area contributed by atoms with E-state index >= 15 is 0 Å². The fourth-order valence-electron chi connectivity index (χ4n) is 2.80. The van der Waals surface area contributed by atoms with Crippen LogP contribution in [0.5, 0.6) is 5.75 Å². The van der Waals surface area contributed by atoms with E-state index in [2.05, 4.69) is 22.3 Å². The Morgan fingerprint density at radius 1 is 1.31 bits per heavy atom. The summed E-state index contributed by atoms with van der Waals surface area (Å²) >= 11 is 1.44. The van der Waals surface area contributed by atoms with E-state index in [0.29, 0.717) is 34.4 Å². The van der Waals surface area contributed by atoms with E-state index < -0.39 is 0 Å². The van der Waals surface area contributed by atoms with Gasteiger partial charge >= 0.3 is 0 Å². The fourth-order valence-corrected chi connectivity index (χ4v) is 3.76. The van der Waals surface area contributed by atoms with Crippen molar-refractivity contribution in [3.63, 3.8) is 0 Å². The van der Waals surface area contributed by atoms with Gasteiger partial charge in [0, 0.05) is 30.7 Å². The first-order valence-corrected chi connectivity index (χ1v) is 10.7. The van der Waals surface area contributed by atoms with Crippen molar-refractivity contribution < 1.29 is 9.53 Å². The molecule has 0 spiro atoms. The third-order valence-corrected chi connectivity index (χ3v) is 5.15. The second-order valence-corrected chi connectivity index (χ2v) is 8.38. The summed E-state index contributed by atoms with van der Waals surface area (Å²) < 4.78 is 7.14. The summed E-state index contributed by atoms with van der Waals surface area (Å²) in [5.41, 5.74) is 1.02. The first-order chi connectivity index (χ1) is 13.9. The molecule has 0 saturated heterocycles. The van der Waals surface area contributed by atoms with Gasteiger partial charge in [-0.25, -0.2) is 4.98 Å². The number of nitrogens with one attached hydrogen (secondary N) is 1. The Morgan fingerprint density at radius 3 is 2.90 bits per heavy atom. The number of carbonyl (C=O) groups is 1. The van der Waals surface area contributed by atoms with Crippen LogP contribution in [0, 0.1) is 5.92 Å². The van der Waals surface area contributed by atoms with E-state index in [1.54, 1.807) is 12.1 Å². The lowest BCUT2D eigenvalue weighted by molar-refractivity contribution is -0.116. The Balaban J connectivity index is 1.68. The number of amides is 1. The third-order valence-electron chi connectivity index (χ3n) is 4.18. The van der Waals surface area contributed by atoms with Crippen LogP contribution in [0.3, 0.4) is 0 Å². The molecule has 1 amide bonds. The maximum Gasteiger partial charge on any atom is 0.275 e. The van der Waals surface area contributed by atoms with Gasteiger partial charge < -0.3 is 10.1 Å². The smallest absolute Gasteiger partial charge is 0.275 e. The van der Waals surface area contributed by atoms with Crippen LogP contribution in [-0.4, -0.2) is 20.5 Å². The summed E-state index contributed by atoms with van der Waals surface area (Å²) in [5, 5.41) is 8.13. The highest BCUT2D eigenvalue weighted by Gasteiger charge is 2.10. The molecule has 2 heterocycles. The molecule has 0 unspecified atom stereocenters. The monoisotopic (exact) mass is 414 g/mol. The van der Waals surface area contributed by atoms with Crippen LogP contribution in [0.25, 0.3) is 4.96 Å². The van der Waals surface area contributed by atoms with Crippen molar-refractivity contribution in [1.29, 1.82) is 0 Å². The average molecular weight is 415 g/mol. The molecular formula is C21H26N4O3S. The van der Waals surface area contributed by atoms with Gasteiger partial charge in [0.25, 0.3) is 5.56 Å². The second kappa shape index (κ2) is 9.65. The van der Waals surface area contributed by atoms with Gasteiger partial charge in [0.1, 0.15) is 17.4 Å². The number of rotatable bonds is 9. The Morgan fingerprint density at radius 2 is 2.14 bits per heavy atom. The van der Waals surface area contributed by atoms with Gasteiger partial charge in [-0.2, -0.15) is 9.61 Å². The Hall–Kier alpha value is -2.74. The molecule has 0 atom stereocenters. The molecule has 8 heteroatoms. The summed E-state index contributed by atoms with van der Waals surface area (Å²) in [6, 6.07) is 8.65. The summed E-state index contributed by atoms with van der Waals surface area (Å²) in [5.74, 6) is 0.868. The molecule has 0 aliphatic heterocycles. The maximum atomic E-state index is 12.3. The number of ether oxygens (including phenoxy) is 1. The Kier molecular flexibility index (Phi) is 6.98. The molecule has 154 valence electrons. The van der Waals surface area contributed by atoms with Crippen molar-refractivity contribution in [1.82, 2.24) is 14.6 Å². The van der Waals surface area contributed by atoms with Gasteiger partial charge in [0.15, 0.2) is 0 Å². The van der Waals surface area contributed by atoms with Crippen molar-refractivity contribution >= 4 is 27.9 Å². The van der Waals surface area contributed by atoms with Crippen LogP contribution < -0.4 is 15.6 Å². The molecule has 0 fully saturated rings. The minimum Gasteiger partial charge on any atom is -0.487 e. The number of aryl methyl sites for hydroxylation is 1. The van der Waals surface area contributed by atoms with Crippen LogP contribution in [0.1, 0.15) is 50.7 Å². The minimum atomic E-state index is -0.206. The Labute approximate surface area is 173 Å². The van der Waals surface area contributed by atoms with Crippen molar-refractivity contribution in [2.24, 2.45) is 5.92 Å². The van der Waals surface area contributed by atoms with Gasteiger partial charge in [0.2, 0.25) is 10.9 Å². The molecular weight excluding hydrogens is 388 g/mol. The van der Waals surface area contributed by atoms with Crippen LogP contribution in [0.2, 0.25) is 0 Å². The molecule has 29 heavy (non-hydrogen) atoms. The number of hydrogen-bond donors (Lipinski definition) is 1. The predicted octanol–water partition coefficient (Wildman–Crippen LogP) is 4.06. The van der Waals surface area contributed by atoms with Gasteiger partial charge in [-0.15, -0.1) is 0 Å². The molecule has 3 rings (SSSR count). The molecule has 0 bridgehead atoms. The number of unbranched alkanes of at least 4 members (excludes halogenated alkanes) is 1. The van der Waals surface area contributed by atoms with E-state index in [-0.39, 0.29) is 18.1 Å². The largest absolute Gasteiger partial charge is 0.487 e. The average Bonchev–Trinajstić information content (AvgIpc) is 3.08. The topological polar surface area (TPSA) is 85.6 Å². The molecule has 1 aromatic carbocycles. The van der Waals surface area contributed by atoms with Crippen molar-refractivity contribution in [3.05, 3.63) is 51.4 Å². The highest BCUT2D eigenvalue weighted by molar-refractivity contribution is 7.16. The lowest BCUT2D eigenvalue weighted by Gasteiger charge is -2.10. The zero-order chi connectivity index (χ0) is 20.8. The number of anilines is 1. The van der Waals surface area contributed by atoms with E-state index in [1.807, 2.05) is 26.0 Å². The van der Waals surface area contributed by atoms with Gasteiger partial charge in [-0.1, -0.05) is 44.6 Å². The number of hydrogen-bond acceptors (Lipinski definition) is 6. The van der Waals surface area contributed by atoms with Gasteiger partial charge in [0.05, 0.1) is 5.69 Å². The maximum absolute atomic E-state index is 12.3. The molecule has 2 aromatic heterocycles. The predicted molar refractivity (Wildman–Crippen MR) is 115 cm³/mol. The van der Waals surface area contributed by atoms with Gasteiger partial charge in [-0.05, 0) is 24.5 Å². The van der Waals surface area contributed by atoms with E-state index in [9.17, 15) is 9.59 Å². The highest BCUT2D eigenvalue weighted by atomic mass is 32.1. The van der Waals surface area contributed by atoms with Crippen molar-refractivity contribution in [3.8, 4) is 5.75 Å². The number of benzene rings is 1. The Bertz CT molecular complexity index is 1040. The normalized spacial score (nSPS) is 11.2. The first-order valence-electron chi connectivity index (χ1n) is 9.86. The van der Waals surface area contributed by atoms with E-state index in [4.69, 9.17) is 4.74 Å². The molecule has 3 aromatic rings. The van der Waals surface area contributed by atoms with Crippen LogP contribution >= 0.6 is 11.3 Å². The molecule has 0 aliphatic carbocycles. The standard InChI is InChI=1S/C21H26N4O3S/c1-4-5-9-19-24-25-20(27)12-16(23-21(25)29-19)13-28-17-8-6-7-15(11-17)22-18(26)10-14(2)3/h6-8,11-12,14H,4-5,9-10,13H2,1-3H3,(H,22,26). The summed E-state index contributed by atoms with van der Waals surface area (Å²) in [4.78, 5) is 29.4. The van der Waals surface area contributed by atoms with E-state index in [1.165, 1.54) is 21.9 Å².